The quantitative estimate of drug-likeness (QED) is 0.493. The van der Waals surface area contributed by atoms with Gasteiger partial charge in [-0.05, 0) is 62.1 Å². The van der Waals surface area contributed by atoms with Crippen LogP contribution in [0.5, 0.6) is 0 Å². The highest BCUT2D eigenvalue weighted by Gasteiger charge is 2.18. The van der Waals surface area contributed by atoms with E-state index in [1.807, 2.05) is 44.2 Å². The number of hydrogen-bond acceptors (Lipinski definition) is 4. The van der Waals surface area contributed by atoms with Gasteiger partial charge in [0.2, 0.25) is 0 Å². The van der Waals surface area contributed by atoms with Gasteiger partial charge in [0.25, 0.3) is 11.1 Å². The van der Waals surface area contributed by atoms with Crippen molar-refractivity contribution in [1.82, 2.24) is 14.1 Å². The highest BCUT2D eigenvalue weighted by molar-refractivity contribution is 6.04. The number of pyridine rings is 3. The van der Waals surface area contributed by atoms with Crippen LogP contribution >= 0.6 is 0 Å². The minimum absolute atomic E-state index is 0.0653. The van der Waals surface area contributed by atoms with Crippen molar-refractivity contribution < 1.29 is 4.74 Å². The number of nitrogens with zero attached hydrogens (tertiary/aromatic N) is 3. The molecule has 0 bridgehead atoms. The van der Waals surface area contributed by atoms with Crippen LogP contribution in [0.25, 0.3) is 27.4 Å². The fraction of sp³-hybridized carbons (Fsp3) is 0.292. The van der Waals surface area contributed by atoms with Gasteiger partial charge in [-0.25, -0.2) is 0 Å². The Morgan fingerprint density at radius 3 is 2.67 bits per heavy atom. The molecular formula is C24H23N3O3. The normalized spacial score (nSPS) is 16.5. The van der Waals surface area contributed by atoms with Crippen LogP contribution in [-0.2, 0) is 11.3 Å². The second-order valence-corrected chi connectivity index (χ2v) is 8.01. The second-order valence-electron chi connectivity index (χ2n) is 8.01. The third-order valence-corrected chi connectivity index (χ3v) is 6.07. The molecule has 6 nitrogen and oxygen atoms in total. The molecular weight excluding hydrogens is 378 g/mol. The molecule has 5 rings (SSSR count). The molecule has 152 valence electrons. The Balaban J connectivity index is 1.70. The maximum atomic E-state index is 13.4. The summed E-state index contributed by atoms with van der Waals surface area (Å²) in [6.07, 6.45) is 7.13. The summed E-state index contributed by atoms with van der Waals surface area (Å²) in [4.78, 5) is 30.9. The van der Waals surface area contributed by atoms with Crippen molar-refractivity contribution in [2.45, 2.75) is 39.3 Å². The number of fused-ring (bicyclic) bond motifs is 3. The Bertz CT molecular complexity index is 1390. The van der Waals surface area contributed by atoms with E-state index in [1.54, 1.807) is 27.7 Å². The van der Waals surface area contributed by atoms with Crippen LogP contribution in [0.1, 0.15) is 24.0 Å². The SMILES string of the molecule is Cc1ccc(-n2ccc3ncc4c(=O)n(CC5CCCO5)ccc4c3c2=O)cc1C. The van der Waals surface area contributed by atoms with Crippen LogP contribution in [0.4, 0.5) is 0 Å². The highest BCUT2D eigenvalue weighted by Crippen LogP contribution is 2.21. The predicted molar refractivity (Wildman–Crippen MR) is 118 cm³/mol. The summed E-state index contributed by atoms with van der Waals surface area (Å²) >= 11 is 0. The first-order valence-corrected chi connectivity index (χ1v) is 10.3. The van der Waals surface area contributed by atoms with Crippen LogP contribution in [0, 0.1) is 13.8 Å². The summed E-state index contributed by atoms with van der Waals surface area (Å²) in [6, 6.07) is 9.61. The van der Waals surface area contributed by atoms with Crippen molar-refractivity contribution in [3.63, 3.8) is 0 Å². The summed E-state index contributed by atoms with van der Waals surface area (Å²) in [7, 11) is 0. The van der Waals surface area contributed by atoms with Gasteiger partial charge in [0.05, 0.1) is 28.9 Å². The smallest absolute Gasteiger partial charge is 0.265 e. The van der Waals surface area contributed by atoms with E-state index in [9.17, 15) is 9.59 Å². The number of benzene rings is 1. The van der Waals surface area contributed by atoms with E-state index in [1.165, 1.54) is 5.56 Å². The maximum Gasteiger partial charge on any atom is 0.265 e. The Morgan fingerprint density at radius 1 is 1.03 bits per heavy atom. The number of ether oxygens (including phenoxy) is 1. The molecule has 0 N–H and O–H groups in total. The first-order chi connectivity index (χ1) is 14.5. The van der Waals surface area contributed by atoms with Gasteiger partial charge in [0, 0.05) is 36.3 Å². The van der Waals surface area contributed by atoms with Gasteiger partial charge in [0.1, 0.15) is 0 Å². The first kappa shape index (κ1) is 18.8. The summed E-state index contributed by atoms with van der Waals surface area (Å²) in [5.41, 5.74) is 3.36. The summed E-state index contributed by atoms with van der Waals surface area (Å²) in [5, 5.41) is 1.56. The third kappa shape index (κ3) is 3.04. The first-order valence-electron chi connectivity index (χ1n) is 10.3. The lowest BCUT2D eigenvalue weighted by atomic mass is 10.1. The molecule has 1 aliphatic rings. The molecule has 1 aromatic carbocycles. The monoisotopic (exact) mass is 401 g/mol. The topological polar surface area (TPSA) is 66.1 Å². The molecule has 0 amide bonds. The summed E-state index contributed by atoms with van der Waals surface area (Å²) in [5.74, 6) is 0. The molecule has 30 heavy (non-hydrogen) atoms. The average Bonchev–Trinajstić information content (AvgIpc) is 3.25. The average molecular weight is 401 g/mol. The molecule has 1 unspecified atom stereocenters. The molecule has 4 aromatic rings. The molecule has 1 saturated heterocycles. The molecule has 1 aliphatic heterocycles. The lowest BCUT2D eigenvalue weighted by Gasteiger charge is -2.13. The number of aryl methyl sites for hydroxylation is 2. The van der Waals surface area contributed by atoms with Gasteiger partial charge in [0.15, 0.2) is 0 Å². The Morgan fingerprint density at radius 2 is 1.90 bits per heavy atom. The van der Waals surface area contributed by atoms with E-state index >= 15 is 0 Å². The molecule has 0 spiro atoms. The molecule has 3 aromatic heterocycles. The van der Waals surface area contributed by atoms with Gasteiger partial charge in [-0.3, -0.25) is 19.1 Å². The standard InChI is InChI=1S/C24H23N3O3/c1-15-5-6-17(12-16(15)2)27-10-8-21-22(24(27)29)19-7-9-26(14-18-4-3-11-30-18)23(28)20(19)13-25-21/h5-10,12-13,18H,3-4,11,14H2,1-2H3. The second kappa shape index (κ2) is 7.22. The zero-order valence-corrected chi connectivity index (χ0v) is 17.1. The van der Waals surface area contributed by atoms with Gasteiger partial charge >= 0.3 is 0 Å². The maximum absolute atomic E-state index is 13.4. The lowest BCUT2D eigenvalue weighted by Crippen LogP contribution is -2.26. The Kier molecular flexibility index (Phi) is 4.51. The van der Waals surface area contributed by atoms with Gasteiger partial charge < -0.3 is 9.30 Å². The van der Waals surface area contributed by atoms with Crippen molar-refractivity contribution >= 4 is 21.7 Å². The largest absolute Gasteiger partial charge is 0.376 e. The lowest BCUT2D eigenvalue weighted by molar-refractivity contribution is 0.0963. The van der Waals surface area contributed by atoms with Crippen molar-refractivity contribution in [3.05, 3.63) is 80.8 Å². The molecule has 1 atom stereocenters. The van der Waals surface area contributed by atoms with Gasteiger partial charge in [-0.1, -0.05) is 6.07 Å². The van der Waals surface area contributed by atoms with E-state index in [0.717, 1.165) is 30.7 Å². The fourth-order valence-corrected chi connectivity index (χ4v) is 4.19. The van der Waals surface area contributed by atoms with E-state index in [4.69, 9.17) is 4.74 Å². The van der Waals surface area contributed by atoms with E-state index in [-0.39, 0.29) is 17.2 Å². The molecule has 6 heteroatoms. The molecule has 0 radical (unpaired) electrons. The van der Waals surface area contributed by atoms with Gasteiger partial charge in [-0.15, -0.1) is 0 Å². The van der Waals surface area contributed by atoms with Crippen LogP contribution in [0.3, 0.4) is 0 Å². The van der Waals surface area contributed by atoms with Crippen LogP contribution in [-0.4, -0.2) is 26.8 Å². The fourth-order valence-electron chi connectivity index (χ4n) is 4.19. The zero-order chi connectivity index (χ0) is 20.8. The molecule has 0 saturated carbocycles. The molecule has 4 heterocycles. The molecule has 0 aliphatic carbocycles. The van der Waals surface area contributed by atoms with Crippen LogP contribution in [0.15, 0.2) is 58.5 Å². The van der Waals surface area contributed by atoms with E-state index in [2.05, 4.69) is 4.98 Å². The summed E-state index contributed by atoms with van der Waals surface area (Å²) < 4.78 is 8.95. The summed E-state index contributed by atoms with van der Waals surface area (Å²) in [6.45, 7) is 5.34. The third-order valence-electron chi connectivity index (χ3n) is 6.07. The van der Waals surface area contributed by atoms with Crippen molar-refractivity contribution in [2.24, 2.45) is 0 Å². The zero-order valence-electron chi connectivity index (χ0n) is 17.1. The Hall–Kier alpha value is -3.25. The molecule has 1 fully saturated rings. The van der Waals surface area contributed by atoms with E-state index in [0.29, 0.717) is 28.2 Å². The predicted octanol–water partition coefficient (Wildman–Crippen LogP) is 3.50. The van der Waals surface area contributed by atoms with Crippen molar-refractivity contribution in [2.75, 3.05) is 6.61 Å². The minimum atomic E-state index is -0.176. The highest BCUT2D eigenvalue weighted by atomic mass is 16.5. The number of hydrogen-bond donors (Lipinski definition) is 0. The number of rotatable bonds is 3. The van der Waals surface area contributed by atoms with Crippen molar-refractivity contribution in [1.29, 1.82) is 0 Å². The van der Waals surface area contributed by atoms with E-state index < -0.39 is 0 Å². The Labute approximate surface area is 173 Å². The number of aromatic nitrogens is 3. The van der Waals surface area contributed by atoms with Crippen LogP contribution in [0.2, 0.25) is 0 Å². The van der Waals surface area contributed by atoms with Crippen LogP contribution < -0.4 is 11.1 Å². The van der Waals surface area contributed by atoms with Gasteiger partial charge in [-0.2, -0.15) is 0 Å². The minimum Gasteiger partial charge on any atom is -0.376 e. The van der Waals surface area contributed by atoms with Crippen molar-refractivity contribution in [3.8, 4) is 5.69 Å².